The zero-order valence-electron chi connectivity index (χ0n) is 16.9. The fourth-order valence-electron chi connectivity index (χ4n) is 3.84. The Labute approximate surface area is 182 Å². The van der Waals surface area contributed by atoms with E-state index in [9.17, 15) is 4.79 Å². The van der Waals surface area contributed by atoms with E-state index in [1.807, 2.05) is 56.3 Å². The molecule has 0 bridgehead atoms. The summed E-state index contributed by atoms with van der Waals surface area (Å²) in [7, 11) is 0. The molecule has 0 aliphatic carbocycles. The maximum Gasteiger partial charge on any atom is 0.264 e. The number of hydrogen-bond acceptors (Lipinski definition) is 5. The Morgan fingerprint density at radius 1 is 1.10 bits per heavy atom. The highest BCUT2D eigenvalue weighted by Crippen LogP contribution is 2.28. The van der Waals surface area contributed by atoms with Gasteiger partial charge in [0.1, 0.15) is 11.8 Å². The Kier molecular flexibility index (Phi) is 4.67. The molecule has 0 aliphatic rings. The van der Waals surface area contributed by atoms with Gasteiger partial charge in [0.15, 0.2) is 11.5 Å². The summed E-state index contributed by atoms with van der Waals surface area (Å²) >= 11 is 6.41. The van der Waals surface area contributed by atoms with Crippen LogP contribution in [-0.4, -0.2) is 24.5 Å². The number of imidazole rings is 1. The molecule has 2 N–H and O–H groups in total. The van der Waals surface area contributed by atoms with Crippen molar-refractivity contribution >= 4 is 39.4 Å². The molecule has 0 unspecified atom stereocenters. The topological polar surface area (TPSA) is 88.5 Å². The van der Waals surface area contributed by atoms with Crippen LogP contribution in [-0.2, 0) is 0 Å². The largest absolute Gasteiger partial charge is 0.360 e. The lowest BCUT2D eigenvalue weighted by atomic mass is 10.1. The van der Waals surface area contributed by atoms with Crippen molar-refractivity contribution in [1.82, 2.24) is 24.5 Å². The minimum Gasteiger partial charge on any atom is -0.360 e. The fourth-order valence-corrected chi connectivity index (χ4v) is 4.10. The third-order valence-corrected chi connectivity index (χ3v) is 5.61. The van der Waals surface area contributed by atoms with Crippen molar-refractivity contribution in [3.8, 4) is 5.69 Å². The van der Waals surface area contributed by atoms with E-state index in [1.165, 1.54) is 6.33 Å². The number of nitrogens with one attached hydrogen (secondary N) is 2. The molecular weight excluding hydrogens is 412 g/mol. The van der Waals surface area contributed by atoms with Gasteiger partial charge in [0, 0.05) is 11.4 Å². The van der Waals surface area contributed by atoms with Crippen LogP contribution in [0.1, 0.15) is 24.2 Å². The van der Waals surface area contributed by atoms with E-state index in [0.717, 1.165) is 22.3 Å². The van der Waals surface area contributed by atoms with E-state index < -0.39 is 0 Å². The third-order valence-electron chi connectivity index (χ3n) is 5.30. The molecule has 0 saturated carbocycles. The van der Waals surface area contributed by atoms with Gasteiger partial charge in [-0.1, -0.05) is 35.9 Å². The van der Waals surface area contributed by atoms with Crippen LogP contribution in [0.25, 0.3) is 27.6 Å². The number of anilines is 1. The highest BCUT2D eigenvalue weighted by Gasteiger charge is 2.19. The lowest BCUT2D eigenvalue weighted by Crippen LogP contribution is -2.26. The van der Waals surface area contributed by atoms with Gasteiger partial charge in [0.05, 0.1) is 22.8 Å². The second-order valence-electron chi connectivity index (χ2n) is 7.44. The number of aromatic nitrogens is 5. The van der Waals surface area contributed by atoms with Crippen molar-refractivity contribution in [3.05, 3.63) is 87.8 Å². The minimum atomic E-state index is -0.258. The van der Waals surface area contributed by atoms with Crippen molar-refractivity contribution < 1.29 is 0 Å². The maximum atomic E-state index is 13.6. The molecule has 154 valence electrons. The van der Waals surface area contributed by atoms with Gasteiger partial charge in [-0.05, 0) is 49.1 Å². The van der Waals surface area contributed by atoms with Crippen LogP contribution in [0.4, 0.5) is 5.82 Å². The van der Waals surface area contributed by atoms with Gasteiger partial charge in [0.25, 0.3) is 5.56 Å². The summed E-state index contributed by atoms with van der Waals surface area (Å²) in [5.74, 6) is 0.591. The second-order valence-corrected chi connectivity index (χ2v) is 7.85. The molecule has 0 amide bonds. The zero-order chi connectivity index (χ0) is 21.5. The van der Waals surface area contributed by atoms with E-state index in [0.29, 0.717) is 27.4 Å². The van der Waals surface area contributed by atoms with Crippen molar-refractivity contribution in [3.63, 3.8) is 0 Å². The van der Waals surface area contributed by atoms with Crippen LogP contribution < -0.4 is 10.9 Å². The number of aryl methyl sites for hydroxylation is 1. The van der Waals surface area contributed by atoms with Crippen LogP contribution in [0.15, 0.2) is 66.0 Å². The van der Waals surface area contributed by atoms with Crippen molar-refractivity contribution in [2.75, 3.05) is 5.32 Å². The van der Waals surface area contributed by atoms with Crippen LogP contribution >= 0.6 is 11.6 Å². The van der Waals surface area contributed by atoms with Gasteiger partial charge in [-0.3, -0.25) is 9.36 Å². The maximum absolute atomic E-state index is 13.6. The predicted octanol–water partition coefficient (Wildman–Crippen LogP) is 4.79. The number of hydrogen-bond donors (Lipinski definition) is 2. The molecule has 31 heavy (non-hydrogen) atoms. The van der Waals surface area contributed by atoms with E-state index in [2.05, 4.69) is 25.3 Å². The molecule has 2 aromatic carbocycles. The molecule has 0 radical (unpaired) electrons. The first kappa shape index (κ1) is 19.3. The molecule has 3 heterocycles. The monoisotopic (exact) mass is 430 g/mol. The lowest BCUT2D eigenvalue weighted by molar-refractivity contribution is 0.773. The number of aromatic amines is 1. The first-order valence-electron chi connectivity index (χ1n) is 9.85. The zero-order valence-corrected chi connectivity index (χ0v) is 17.7. The summed E-state index contributed by atoms with van der Waals surface area (Å²) in [5.41, 5.74) is 3.75. The van der Waals surface area contributed by atoms with Crippen molar-refractivity contribution in [1.29, 1.82) is 0 Å². The van der Waals surface area contributed by atoms with Crippen LogP contribution in [0.2, 0.25) is 5.02 Å². The Morgan fingerprint density at radius 2 is 1.94 bits per heavy atom. The number of H-pyrrole nitrogens is 1. The van der Waals surface area contributed by atoms with Gasteiger partial charge >= 0.3 is 0 Å². The Hall–Kier alpha value is -3.71. The molecule has 3 aromatic heterocycles. The van der Waals surface area contributed by atoms with Gasteiger partial charge in [-0.25, -0.2) is 15.0 Å². The van der Waals surface area contributed by atoms with E-state index >= 15 is 0 Å². The molecule has 0 spiro atoms. The van der Waals surface area contributed by atoms with Crippen LogP contribution in [0.5, 0.6) is 0 Å². The number of benzene rings is 2. The molecule has 8 heteroatoms. The molecule has 0 fully saturated rings. The average molecular weight is 431 g/mol. The first-order valence-corrected chi connectivity index (χ1v) is 10.2. The number of pyridine rings is 1. The molecule has 0 saturated heterocycles. The number of nitrogens with zero attached hydrogens (tertiary/aromatic N) is 4. The molecule has 0 aliphatic heterocycles. The summed E-state index contributed by atoms with van der Waals surface area (Å²) in [6.45, 7) is 3.98. The highest BCUT2D eigenvalue weighted by atomic mass is 35.5. The quantitative estimate of drug-likeness (QED) is 0.428. The summed E-state index contributed by atoms with van der Waals surface area (Å²) in [6.07, 6.45) is 3.05. The van der Waals surface area contributed by atoms with Crippen molar-refractivity contribution in [2.45, 2.75) is 19.9 Å². The number of halogens is 1. The molecule has 5 aromatic rings. The van der Waals surface area contributed by atoms with Crippen LogP contribution in [0.3, 0.4) is 0 Å². The third kappa shape index (κ3) is 3.33. The van der Waals surface area contributed by atoms with Gasteiger partial charge in [-0.15, -0.1) is 0 Å². The standard InChI is InChI=1S/C23H19ClN6O/c1-13-5-3-7-16(9-13)30-18(10-15-6-4-8-17(24)19(15)23(30)31)14(2)29-22-20-21(26-11-25-20)27-12-28-22/h3-12,14H,1-2H3,(H2,25,26,27,28,29)/t14-/m0/s1. The smallest absolute Gasteiger partial charge is 0.264 e. The Morgan fingerprint density at radius 3 is 2.77 bits per heavy atom. The number of rotatable bonds is 4. The Bertz CT molecular complexity index is 1490. The Balaban J connectivity index is 1.72. The minimum absolute atomic E-state index is 0.162. The molecule has 1 atom stereocenters. The van der Waals surface area contributed by atoms with E-state index in [1.54, 1.807) is 17.0 Å². The highest BCUT2D eigenvalue weighted by molar-refractivity contribution is 6.35. The van der Waals surface area contributed by atoms with E-state index in [-0.39, 0.29) is 11.6 Å². The molecule has 5 rings (SSSR count). The van der Waals surface area contributed by atoms with Crippen LogP contribution in [0, 0.1) is 6.92 Å². The van der Waals surface area contributed by atoms with Gasteiger partial charge in [-0.2, -0.15) is 0 Å². The van der Waals surface area contributed by atoms with Crippen molar-refractivity contribution in [2.24, 2.45) is 0 Å². The molecular formula is C23H19ClN6O. The normalized spacial score (nSPS) is 12.4. The first-order chi connectivity index (χ1) is 15.0. The van der Waals surface area contributed by atoms with Gasteiger partial charge in [0.2, 0.25) is 0 Å². The second kappa shape index (κ2) is 7.52. The van der Waals surface area contributed by atoms with E-state index in [4.69, 9.17) is 11.6 Å². The fraction of sp³-hybridized carbons (Fsp3) is 0.130. The number of fused-ring (bicyclic) bond motifs is 2. The average Bonchev–Trinajstić information content (AvgIpc) is 3.23. The van der Waals surface area contributed by atoms with Gasteiger partial charge < -0.3 is 10.3 Å². The summed E-state index contributed by atoms with van der Waals surface area (Å²) in [6, 6.07) is 15.1. The predicted molar refractivity (Wildman–Crippen MR) is 123 cm³/mol. The summed E-state index contributed by atoms with van der Waals surface area (Å²) in [5, 5.41) is 5.12. The lowest BCUT2D eigenvalue weighted by Gasteiger charge is -2.22. The summed E-state index contributed by atoms with van der Waals surface area (Å²) < 4.78 is 1.71. The molecule has 7 nitrogen and oxygen atoms in total. The SMILES string of the molecule is Cc1cccc(-n2c([C@H](C)Nc3ncnc4[nH]cnc34)cc3cccc(Cl)c3c2=O)c1. The summed E-state index contributed by atoms with van der Waals surface area (Å²) in [4.78, 5) is 29.4.